The van der Waals surface area contributed by atoms with Crippen LogP contribution in [0.25, 0.3) is 10.1 Å². The lowest BCUT2D eigenvalue weighted by atomic mass is 9.87. The summed E-state index contributed by atoms with van der Waals surface area (Å²) in [5.74, 6) is 1.01. The van der Waals surface area contributed by atoms with Crippen molar-refractivity contribution in [2.24, 2.45) is 5.92 Å². The normalized spacial score (nSPS) is 21.2. The van der Waals surface area contributed by atoms with Crippen LogP contribution in [0.2, 0.25) is 0 Å². The lowest BCUT2D eigenvalue weighted by molar-refractivity contribution is 0.243. The molecular formula is C21H30N2S. The number of nitrogens with zero attached hydrogens (tertiary/aromatic N) is 2. The lowest BCUT2D eigenvalue weighted by Gasteiger charge is -2.27. The number of anilines is 1. The maximum atomic E-state index is 2.72. The number of fused-ring (bicyclic) bond motifs is 1. The largest absolute Gasteiger partial charge is 0.370 e. The number of hydrogen-bond donors (Lipinski definition) is 0. The lowest BCUT2D eigenvalue weighted by Crippen LogP contribution is -2.32. The summed E-state index contributed by atoms with van der Waals surface area (Å²) in [4.78, 5) is 5.35. The highest BCUT2D eigenvalue weighted by Gasteiger charge is 2.19. The molecule has 3 heteroatoms. The topological polar surface area (TPSA) is 6.48 Å². The van der Waals surface area contributed by atoms with Gasteiger partial charge in [-0.3, -0.25) is 0 Å². The van der Waals surface area contributed by atoms with Crippen molar-refractivity contribution in [3.8, 4) is 0 Å². The third kappa shape index (κ3) is 3.78. The van der Waals surface area contributed by atoms with Gasteiger partial charge in [0, 0.05) is 35.4 Å². The number of thiophene rings is 1. The molecular weight excluding hydrogens is 312 g/mol. The van der Waals surface area contributed by atoms with E-state index in [0.29, 0.717) is 0 Å². The van der Waals surface area contributed by atoms with E-state index in [9.17, 15) is 0 Å². The van der Waals surface area contributed by atoms with E-state index in [0.717, 1.165) is 5.92 Å². The Labute approximate surface area is 150 Å². The van der Waals surface area contributed by atoms with E-state index in [1.165, 1.54) is 93.4 Å². The van der Waals surface area contributed by atoms with Crippen LogP contribution in [0.5, 0.6) is 0 Å². The van der Waals surface area contributed by atoms with Crippen molar-refractivity contribution in [3.63, 3.8) is 0 Å². The molecule has 0 N–H and O–H groups in total. The van der Waals surface area contributed by atoms with Gasteiger partial charge in [-0.05, 0) is 55.4 Å². The van der Waals surface area contributed by atoms with Crippen LogP contribution in [0.15, 0.2) is 29.6 Å². The Hall–Kier alpha value is -1.06. The van der Waals surface area contributed by atoms with Gasteiger partial charge < -0.3 is 9.80 Å². The van der Waals surface area contributed by atoms with Gasteiger partial charge in [-0.1, -0.05) is 38.2 Å². The molecule has 0 unspecified atom stereocenters. The smallest absolute Gasteiger partial charge is 0.0454 e. The van der Waals surface area contributed by atoms with Gasteiger partial charge in [0.2, 0.25) is 0 Å². The Morgan fingerprint density at radius 3 is 2.75 bits per heavy atom. The molecule has 0 spiro atoms. The minimum absolute atomic E-state index is 1.01. The Morgan fingerprint density at radius 2 is 1.83 bits per heavy atom. The van der Waals surface area contributed by atoms with Crippen LogP contribution in [-0.4, -0.2) is 37.6 Å². The van der Waals surface area contributed by atoms with E-state index in [4.69, 9.17) is 0 Å². The molecule has 0 atom stereocenters. The maximum absolute atomic E-state index is 2.72. The molecule has 24 heavy (non-hydrogen) atoms. The Morgan fingerprint density at radius 1 is 0.917 bits per heavy atom. The van der Waals surface area contributed by atoms with Crippen molar-refractivity contribution in [2.45, 2.75) is 44.9 Å². The van der Waals surface area contributed by atoms with Gasteiger partial charge in [0.05, 0.1) is 0 Å². The minimum Gasteiger partial charge on any atom is -0.370 e. The van der Waals surface area contributed by atoms with Gasteiger partial charge in [-0.2, -0.15) is 0 Å². The molecule has 2 aliphatic rings. The summed E-state index contributed by atoms with van der Waals surface area (Å²) in [6, 6.07) is 9.07. The maximum Gasteiger partial charge on any atom is 0.0454 e. The first-order valence-corrected chi connectivity index (χ1v) is 10.7. The fourth-order valence-corrected chi connectivity index (χ4v) is 5.34. The van der Waals surface area contributed by atoms with Crippen LogP contribution in [0.4, 0.5) is 5.69 Å². The highest BCUT2D eigenvalue weighted by molar-refractivity contribution is 7.17. The standard InChI is InChI=1S/C21H30N2S/c1-2-6-18(7-3-1)10-14-22-12-5-13-23(16-15-22)20-8-4-9-21-19(20)11-17-24-21/h4,8-9,11,17-18H,1-3,5-7,10,12-16H2. The quantitative estimate of drug-likeness (QED) is 0.735. The molecule has 2 nitrogen and oxygen atoms in total. The monoisotopic (exact) mass is 342 g/mol. The zero-order chi connectivity index (χ0) is 16.2. The molecule has 4 rings (SSSR count). The van der Waals surface area contributed by atoms with E-state index in [1.807, 2.05) is 11.3 Å². The molecule has 1 saturated heterocycles. The Kier molecular flexibility index (Phi) is 5.39. The van der Waals surface area contributed by atoms with E-state index >= 15 is 0 Å². The summed E-state index contributed by atoms with van der Waals surface area (Å²) in [7, 11) is 0. The molecule has 130 valence electrons. The number of rotatable bonds is 4. The first-order valence-electron chi connectivity index (χ1n) is 9.84. The van der Waals surface area contributed by atoms with Gasteiger partial charge >= 0.3 is 0 Å². The zero-order valence-corrected chi connectivity index (χ0v) is 15.6. The number of hydrogen-bond acceptors (Lipinski definition) is 3. The van der Waals surface area contributed by atoms with Crippen LogP contribution >= 0.6 is 11.3 Å². The first-order chi connectivity index (χ1) is 11.9. The van der Waals surface area contributed by atoms with Gasteiger partial charge in [0.25, 0.3) is 0 Å². The summed E-state index contributed by atoms with van der Waals surface area (Å²) < 4.78 is 1.42. The molecule has 0 amide bonds. The van der Waals surface area contributed by atoms with Gasteiger partial charge in [0.15, 0.2) is 0 Å². The molecule has 2 heterocycles. The van der Waals surface area contributed by atoms with Gasteiger partial charge in [-0.15, -0.1) is 11.3 Å². The van der Waals surface area contributed by atoms with Gasteiger partial charge in [-0.25, -0.2) is 0 Å². The molecule has 2 fully saturated rings. The van der Waals surface area contributed by atoms with Crippen molar-refractivity contribution in [1.29, 1.82) is 0 Å². The second-order valence-corrected chi connectivity index (χ2v) is 8.53. The van der Waals surface area contributed by atoms with Crippen LogP contribution in [0.1, 0.15) is 44.9 Å². The Balaban J connectivity index is 1.35. The van der Waals surface area contributed by atoms with Crippen molar-refractivity contribution in [2.75, 3.05) is 37.6 Å². The third-order valence-corrected chi connectivity index (χ3v) is 6.86. The fourth-order valence-electron chi connectivity index (χ4n) is 4.53. The molecule has 1 aromatic heterocycles. The molecule has 1 aliphatic heterocycles. The van der Waals surface area contributed by atoms with Crippen molar-refractivity contribution >= 4 is 27.1 Å². The van der Waals surface area contributed by atoms with Crippen molar-refractivity contribution < 1.29 is 0 Å². The predicted molar refractivity (Wildman–Crippen MR) is 106 cm³/mol. The molecule has 1 aliphatic carbocycles. The minimum atomic E-state index is 1.01. The molecule has 2 aromatic rings. The zero-order valence-electron chi connectivity index (χ0n) is 14.8. The predicted octanol–water partition coefficient (Wildman–Crippen LogP) is 5.38. The summed E-state index contributed by atoms with van der Waals surface area (Å²) >= 11 is 1.86. The van der Waals surface area contributed by atoms with E-state index < -0.39 is 0 Å². The molecule has 1 saturated carbocycles. The summed E-state index contributed by atoms with van der Waals surface area (Å²) in [6.07, 6.45) is 10.1. The van der Waals surface area contributed by atoms with Crippen LogP contribution in [0, 0.1) is 5.92 Å². The molecule has 1 aromatic carbocycles. The second kappa shape index (κ2) is 7.88. The number of benzene rings is 1. The third-order valence-electron chi connectivity index (χ3n) is 5.98. The van der Waals surface area contributed by atoms with Crippen molar-refractivity contribution in [1.82, 2.24) is 4.90 Å². The second-order valence-electron chi connectivity index (χ2n) is 7.58. The molecule has 0 radical (unpaired) electrons. The average Bonchev–Trinajstić information content (AvgIpc) is 2.99. The van der Waals surface area contributed by atoms with Crippen LogP contribution < -0.4 is 4.90 Å². The fraction of sp³-hybridized carbons (Fsp3) is 0.619. The van der Waals surface area contributed by atoms with E-state index in [-0.39, 0.29) is 0 Å². The van der Waals surface area contributed by atoms with Crippen LogP contribution in [0.3, 0.4) is 0 Å². The van der Waals surface area contributed by atoms with Crippen LogP contribution in [-0.2, 0) is 0 Å². The summed E-state index contributed by atoms with van der Waals surface area (Å²) in [5, 5.41) is 3.67. The Bertz CT molecular complexity index is 644. The van der Waals surface area contributed by atoms with Gasteiger partial charge in [0.1, 0.15) is 0 Å². The summed E-state index contributed by atoms with van der Waals surface area (Å²) in [5.41, 5.74) is 1.45. The van der Waals surface area contributed by atoms with E-state index in [2.05, 4.69) is 39.4 Å². The average molecular weight is 343 g/mol. The first kappa shape index (κ1) is 16.4. The summed E-state index contributed by atoms with van der Waals surface area (Å²) in [6.45, 7) is 6.21. The van der Waals surface area contributed by atoms with Crippen molar-refractivity contribution in [3.05, 3.63) is 29.6 Å². The highest BCUT2D eigenvalue weighted by Crippen LogP contribution is 2.31. The highest BCUT2D eigenvalue weighted by atomic mass is 32.1. The molecule has 0 bridgehead atoms. The SMILES string of the molecule is c1cc(N2CCCN(CCC3CCCCC3)CC2)c2ccsc2c1. The van der Waals surface area contributed by atoms with E-state index in [1.54, 1.807) is 0 Å².